The zero-order chi connectivity index (χ0) is 16.0. The Morgan fingerprint density at radius 2 is 2.00 bits per heavy atom. The largest absolute Gasteiger partial charge is 0.369 e. The number of rotatable bonds is 7. The lowest BCUT2D eigenvalue weighted by Gasteiger charge is -2.42. The average Bonchev–Trinajstić information content (AvgIpc) is 2.47. The molecule has 1 heterocycles. The second kappa shape index (κ2) is 8.07. The molecule has 0 saturated carbocycles. The van der Waals surface area contributed by atoms with Gasteiger partial charge in [0.2, 0.25) is 0 Å². The van der Waals surface area contributed by atoms with Crippen LogP contribution in [0.25, 0.3) is 0 Å². The predicted octanol–water partition coefficient (Wildman–Crippen LogP) is 4.39. The Kier molecular flexibility index (Phi) is 6.39. The second-order valence-corrected chi connectivity index (χ2v) is 6.63. The first-order chi connectivity index (χ1) is 10.6. The van der Waals surface area contributed by atoms with E-state index < -0.39 is 0 Å². The van der Waals surface area contributed by atoms with Gasteiger partial charge >= 0.3 is 0 Å². The minimum Gasteiger partial charge on any atom is -0.369 e. The highest BCUT2D eigenvalue weighted by atomic mass is 19.1. The van der Waals surface area contributed by atoms with Gasteiger partial charge in [0.25, 0.3) is 0 Å². The van der Waals surface area contributed by atoms with Crippen molar-refractivity contribution in [3.8, 4) is 0 Å². The Bertz CT molecular complexity index is 443. The third-order valence-electron chi connectivity index (χ3n) is 4.72. The molecule has 2 nitrogen and oxygen atoms in total. The SMILES string of the molecule is CCCC1(CCC)CNC[C@@H](CCc2c(C)cccc2F)O1. The van der Waals surface area contributed by atoms with Gasteiger partial charge in [-0.15, -0.1) is 0 Å². The van der Waals surface area contributed by atoms with Crippen molar-refractivity contribution in [2.75, 3.05) is 13.1 Å². The highest BCUT2D eigenvalue weighted by Gasteiger charge is 2.35. The normalized spacial score (nSPS) is 21.0. The molecule has 0 aromatic heterocycles. The van der Waals surface area contributed by atoms with E-state index in [-0.39, 0.29) is 17.5 Å². The van der Waals surface area contributed by atoms with Gasteiger partial charge in [-0.25, -0.2) is 4.39 Å². The molecule has 22 heavy (non-hydrogen) atoms. The molecule has 1 fully saturated rings. The number of halogens is 1. The van der Waals surface area contributed by atoms with Crippen LogP contribution in [0.5, 0.6) is 0 Å². The van der Waals surface area contributed by atoms with E-state index in [9.17, 15) is 4.39 Å². The summed E-state index contributed by atoms with van der Waals surface area (Å²) in [5.41, 5.74) is 1.86. The molecule has 1 N–H and O–H groups in total. The van der Waals surface area contributed by atoms with Crippen molar-refractivity contribution in [1.29, 1.82) is 0 Å². The van der Waals surface area contributed by atoms with Crippen LogP contribution in [0, 0.1) is 12.7 Å². The third kappa shape index (κ3) is 4.30. The van der Waals surface area contributed by atoms with E-state index in [4.69, 9.17) is 4.74 Å². The monoisotopic (exact) mass is 307 g/mol. The molecule has 124 valence electrons. The van der Waals surface area contributed by atoms with E-state index in [0.29, 0.717) is 0 Å². The summed E-state index contributed by atoms with van der Waals surface area (Å²) in [6.45, 7) is 8.24. The molecule has 0 bridgehead atoms. The van der Waals surface area contributed by atoms with E-state index >= 15 is 0 Å². The summed E-state index contributed by atoms with van der Waals surface area (Å²) in [6.07, 6.45) is 6.29. The molecule has 2 rings (SSSR count). The number of aryl methyl sites for hydroxylation is 1. The number of benzene rings is 1. The summed E-state index contributed by atoms with van der Waals surface area (Å²) in [4.78, 5) is 0. The number of morpholine rings is 1. The van der Waals surface area contributed by atoms with E-state index in [2.05, 4.69) is 19.2 Å². The lowest BCUT2D eigenvalue weighted by molar-refractivity contribution is -0.127. The van der Waals surface area contributed by atoms with Crippen molar-refractivity contribution in [1.82, 2.24) is 5.32 Å². The van der Waals surface area contributed by atoms with Crippen LogP contribution < -0.4 is 5.32 Å². The van der Waals surface area contributed by atoms with Crippen molar-refractivity contribution in [3.63, 3.8) is 0 Å². The van der Waals surface area contributed by atoms with Gasteiger partial charge in [-0.05, 0) is 49.8 Å². The van der Waals surface area contributed by atoms with Crippen molar-refractivity contribution < 1.29 is 9.13 Å². The average molecular weight is 307 g/mol. The number of nitrogens with one attached hydrogen (secondary N) is 1. The Balaban J connectivity index is 1.98. The van der Waals surface area contributed by atoms with Crippen LogP contribution in [-0.4, -0.2) is 24.8 Å². The fraction of sp³-hybridized carbons (Fsp3) is 0.684. The molecule has 0 unspecified atom stereocenters. The van der Waals surface area contributed by atoms with Crippen LogP contribution >= 0.6 is 0 Å². The summed E-state index contributed by atoms with van der Waals surface area (Å²) in [7, 11) is 0. The van der Waals surface area contributed by atoms with Crippen molar-refractivity contribution in [3.05, 3.63) is 35.1 Å². The minimum atomic E-state index is -0.0860. The molecular formula is C19H30FNO. The lowest BCUT2D eigenvalue weighted by atomic mass is 9.90. The summed E-state index contributed by atoms with van der Waals surface area (Å²) >= 11 is 0. The maximum absolute atomic E-state index is 13.9. The Hall–Kier alpha value is -0.930. The standard InChI is InChI=1S/C19H30FNO/c1-4-11-19(12-5-2)14-21-13-16(22-19)9-10-17-15(3)7-6-8-18(17)20/h6-8,16,21H,4-5,9-14H2,1-3H3/t16-/m1/s1. The quantitative estimate of drug-likeness (QED) is 0.806. The Labute approximate surface area is 134 Å². The van der Waals surface area contributed by atoms with Crippen molar-refractivity contribution >= 4 is 0 Å². The van der Waals surface area contributed by atoms with Crippen LogP contribution in [0.4, 0.5) is 4.39 Å². The van der Waals surface area contributed by atoms with Crippen LogP contribution in [-0.2, 0) is 11.2 Å². The molecule has 1 aromatic carbocycles. The predicted molar refractivity (Wildman–Crippen MR) is 89.7 cm³/mol. The smallest absolute Gasteiger partial charge is 0.126 e. The summed E-state index contributed by atoms with van der Waals surface area (Å²) < 4.78 is 20.4. The summed E-state index contributed by atoms with van der Waals surface area (Å²) in [6, 6.07) is 5.32. The maximum Gasteiger partial charge on any atom is 0.126 e. The lowest BCUT2D eigenvalue weighted by Crippen LogP contribution is -2.53. The van der Waals surface area contributed by atoms with E-state index in [1.165, 1.54) is 0 Å². The fourth-order valence-electron chi connectivity index (χ4n) is 3.68. The Morgan fingerprint density at radius 3 is 2.64 bits per heavy atom. The Morgan fingerprint density at radius 1 is 1.27 bits per heavy atom. The van der Waals surface area contributed by atoms with Crippen molar-refractivity contribution in [2.45, 2.75) is 71.0 Å². The fourth-order valence-corrected chi connectivity index (χ4v) is 3.68. The first kappa shape index (κ1) is 17.4. The zero-order valence-corrected chi connectivity index (χ0v) is 14.3. The molecule has 3 heteroatoms. The maximum atomic E-state index is 13.9. The van der Waals surface area contributed by atoms with Crippen LogP contribution in [0.15, 0.2) is 18.2 Å². The van der Waals surface area contributed by atoms with E-state index in [0.717, 1.165) is 62.7 Å². The van der Waals surface area contributed by atoms with Gasteiger partial charge in [0.15, 0.2) is 0 Å². The van der Waals surface area contributed by atoms with E-state index in [1.54, 1.807) is 12.1 Å². The molecule has 0 radical (unpaired) electrons. The van der Waals surface area contributed by atoms with Gasteiger partial charge in [-0.2, -0.15) is 0 Å². The highest BCUT2D eigenvalue weighted by molar-refractivity contribution is 5.27. The molecule has 0 amide bonds. The van der Waals surface area contributed by atoms with Gasteiger partial charge in [0.1, 0.15) is 5.82 Å². The molecule has 1 saturated heterocycles. The molecule has 1 aliphatic rings. The topological polar surface area (TPSA) is 21.3 Å². The van der Waals surface area contributed by atoms with Crippen LogP contribution in [0.1, 0.15) is 57.1 Å². The van der Waals surface area contributed by atoms with Gasteiger partial charge in [-0.3, -0.25) is 0 Å². The van der Waals surface area contributed by atoms with Gasteiger partial charge in [-0.1, -0.05) is 38.8 Å². The van der Waals surface area contributed by atoms with Crippen LogP contribution in [0.3, 0.4) is 0 Å². The molecule has 1 atom stereocenters. The minimum absolute atomic E-state index is 0.0172. The number of hydrogen-bond acceptors (Lipinski definition) is 2. The first-order valence-electron chi connectivity index (χ1n) is 8.72. The van der Waals surface area contributed by atoms with Gasteiger partial charge in [0, 0.05) is 13.1 Å². The van der Waals surface area contributed by atoms with E-state index in [1.807, 2.05) is 13.0 Å². The van der Waals surface area contributed by atoms with Crippen molar-refractivity contribution in [2.24, 2.45) is 0 Å². The molecular weight excluding hydrogens is 277 g/mol. The molecule has 1 aliphatic heterocycles. The van der Waals surface area contributed by atoms with Gasteiger partial charge < -0.3 is 10.1 Å². The third-order valence-corrected chi connectivity index (χ3v) is 4.72. The highest BCUT2D eigenvalue weighted by Crippen LogP contribution is 2.29. The number of ether oxygens (including phenoxy) is 1. The number of hydrogen-bond donors (Lipinski definition) is 1. The molecule has 1 aromatic rings. The zero-order valence-electron chi connectivity index (χ0n) is 14.3. The summed E-state index contributed by atoms with van der Waals surface area (Å²) in [5.74, 6) is -0.0860. The first-order valence-corrected chi connectivity index (χ1v) is 8.72. The molecule has 0 spiro atoms. The van der Waals surface area contributed by atoms with Crippen LogP contribution in [0.2, 0.25) is 0 Å². The van der Waals surface area contributed by atoms with Gasteiger partial charge in [0.05, 0.1) is 11.7 Å². The molecule has 0 aliphatic carbocycles. The second-order valence-electron chi connectivity index (χ2n) is 6.63. The summed E-state index contributed by atoms with van der Waals surface area (Å²) in [5, 5.41) is 3.54.